The summed E-state index contributed by atoms with van der Waals surface area (Å²) in [6.45, 7) is 0. The van der Waals surface area contributed by atoms with Gasteiger partial charge in [-0.2, -0.15) is 0 Å². The molecule has 27 heavy (non-hydrogen) atoms. The third kappa shape index (κ3) is 3.87. The minimum atomic E-state index is -0.300. The molecule has 3 aromatic rings. The van der Waals surface area contributed by atoms with Gasteiger partial charge in [0.15, 0.2) is 0 Å². The van der Waals surface area contributed by atoms with Crippen LogP contribution in [0.15, 0.2) is 78.9 Å². The van der Waals surface area contributed by atoms with Crippen molar-refractivity contribution >= 4 is 57.5 Å². The molecule has 0 unspecified atom stereocenters. The molecule has 0 aliphatic carbocycles. The number of hydrogen-bond acceptors (Lipinski definition) is 2. The lowest BCUT2D eigenvalue weighted by molar-refractivity contribution is 0.0980. The van der Waals surface area contributed by atoms with Crippen molar-refractivity contribution in [3.05, 3.63) is 98.6 Å². The summed E-state index contributed by atoms with van der Waals surface area (Å²) >= 11 is 8.25. The standard InChI is InChI=1S/C22H16ClIN2O/c23-16-7-10-18(11-8-16)26-21(13-6-15-4-2-1-3-5-15)25-20-12-9-17(24)14-19(20)22(26)27/h1-14,21,25H/b13-6+/t21-/m0/s1. The highest BCUT2D eigenvalue weighted by molar-refractivity contribution is 14.1. The van der Waals surface area contributed by atoms with Gasteiger partial charge < -0.3 is 5.32 Å². The maximum atomic E-state index is 13.3. The van der Waals surface area contributed by atoms with E-state index in [9.17, 15) is 4.79 Å². The van der Waals surface area contributed by atoms with E-state index in [1.165, 1.54) is 0 Å². The zero-order valence-electron chi connectivity index (χ0n) is 14.3. The molecule has 1 heterocycles. The fraction of sp³-hybridized carbons (Fsp3) is 0.0455. The normalized spacial score (nSPS) is 16.3. The molecule has 0 spiro atoms. The predicted molar refractivity (Wildman–Crippen MR) is 120 cm³/mol. The average molecular weight is 487 g/mol. The number of hydrogen-bond donors (Lipinski definition) is 1. The lowest BCUT2D eigenvalue weighted by atomic mass is 10.1. The number of amides is 1. The first kappa shape index (κ1) is 18.1. The van der Waals surface area contributed by atoms with Crippen LogP contribution in [0.3, 0.4) is 0 Å². The molecule has 0 fully saturated rings. The molecule has 4 rings (SSSR count). The van der Waals surface area contributed by atoms with Gasteiger partial charge in [-0.25, -0.2) is 0 Å². The summed E-state index contributed by atoms with van der Waals surface area (Å²) in [5, 5.41) is 4.11. The van der Waals surface area contributed by atoms with Gasteiger partial charge in [-0.3, -0.25) is 9.69 Å². The summed E-state index contributed by atoms with van der Waals surface area (Å²) in [4.78, 5) is 15.0. The van der Waals surface area contributed by atoms with Crippen molar-refractivity contribution in [1.82, 2.24) is 0 Å². The Kier molecular flexibility index (Phi) is 5.18. The van der Waals surface area contributed by atoms with E-state index in [-0.39, 0.29) is 12.1 Å². The van der Waals surface area contributed by atoms with Crippen LogP contribution in [-0.2, 0) is 0 Å². The summed E-state index contributed by atoms with van der Waals surface area (Å²) in [6.07, 6.45) is 3.72. The monoisotopic (exact) mass is 486 g/mol. The smallest absolute Gasteiger partial charge is 0.262 e. The Morgan fingerprint density at radius 1 is 1.00 bits per heavy atom. The van der Waals surface area contributed by atoms with Gasteiger partial charge in [-0.1, -0.05) is 48.0 Å². The first-order chi connectivity index (χ1) is 13.1. The molecule has 1 atom stereocenters. The summed E-state index contributed by atoms with van der Waals surface area (Å²) in [6, 6.07) is 23.2. The molecule has 0 radical (unpaired) electrons. The van der Waals surface area contributed by atoms with Gasteiger partial charge in [-0.15, -0.1) is 0 Å². The van der Waals surface area contributed by atoms with Crippen molar-refractivity contribution in [2.24, 2.45) is 0 Å². The maximum absolute atomic E-state index is 13.3. The highest BCUT2D eigenvalue weighted by atomic mass is 127. The van der Waals surface area contributed by atoms with Crippen molar-refractivity contribution in [3.63, 3.8) is 0 Å². The molecule has 1 amide bonds. The maximum Gasteiger partial charge on any atom is 0.262 e. The highest BCUT2D eigenvalue weighted by Gasteiger charge is 2.31. The van der Waals surface area contributed by atoms with Crippen LogP contribution in [0.1, 0.15) is 15.9 Å². The molecule has 0 bridgehead atoms. The van der Waals surface area contributed by atoms with Crippen LogP contribution in [0.4, 0.5) is 11.4 Å². The second-order valence-corrected chi connectivity index (χ2v) is 7.88. The predicted octanol–water partition coefficient (Wildman–Crippen LogP) is 6.06. The van der Waals surface area contributed by atoms with E-state index >= 15 is 0 Å². The second-order valence-electron chi connectivity index (χ2n) is 6.20. The van der Waals surface area contributed by atoms with Gasteiger partial charge >= 0.3 is 0 Å². The number of nitrogens with zero attached hydrogens (tertiary/aromatic N) is 1. The SMILES string of the molecule is O=C1c2cc(I)ccc2N[C@H](/C=C/c2ccccc2)N1c1ccc(Cl)cc1. The Morgan fingerprint density at radius 2 is 1.74 bits per heavy atom. The topological polar surface area (TPSA) is 32.3 Å². The van der Waals surface area contributed by atoms with E-state index in [4.69, 9.17) is 11.6 Å². The third-order valence-corrected chi connectivity index (χ3v) is 5.31. The molecular formula is C22H16ClIN2O. The number of fused-ring (bicyclic) bond motifs is 1. The molecule has 0 saturated carbocycles. The van der Waals surface area contributed by atoms with Crippen molar-refractivity contribution in [2.75, 3.05) is 10.2 Å². The van der Waals surface area contributed by atoms with Gasteiger partial charge in [0.1, 0.15) is 6.17 Å². The summed E-state index contributed by atoms with van der Waals surface area (Å²) < 4.78 is 1.02. The number of halogens is 2. The van der Waals surface area contributed by atoms with Gasteiger partial charge in [-0.05, 0) is 76.7 Å². The summed E-state index contributed by atoms with van der Waals surface area (Å²) in [5.41, 5.74) is 3.38. The summed E-state index contributed by atoms with van der Waals surface area (Å²) in [7, 11) is 0. The van der Waals surface area contributed by atoms with Crippen LogP contribution >= 0.6 is 34.2 Å². The first-order valence-electron chi connectivity index (χ1n) is 8.50. The molecule has 1 aliphatic heterocycles. The second kappa shape index (κ2) is 7.74. The molecule has 3 nitrogen and oxygen atoms in total. The molecular weight excluding hydrogens is 471 g/mol. The van der Waals surface area contributed by atoms with E-state index in [1.54, 1.807) is 17.0 Å². The lowest BCUT2D eigenvalue weighted by Crippen LogP contribution is -2.48. The number of carbonyl (C=O) groups is 1. The van der Waals surface area contributed by atoms with Crippen LogP contribution in [-0.4, -0.2) is 12.1 Å². The van der Waals surface area contributed by atoms with Crippen LogP contribution in [0.25, 0.3) is 6.08 Å². The van der Waals surface area contributed by atoms with Crippen molar-refractivity contribution < 1.29 is 4.79 Å². The fourth-order valence-corrected chi connectivity index (χ4v) is 3.70. The van der Waals surface area contributed by atoms with Crippen molar-refractivity contribution in [1.29, 1.82) is 0 Å². The lowest BCUT2D eigenvalue weighted by Gasteiger charge is -2.36. The van der Waals surface area contributed by atoms with Crippen molar-refractivity contribution in [3.8, 4) is 0 Å². The molecule has 1 aliphatic rings. The van der Waals surface area contributed by atoms with E-state index in [0.717, 1.165) is 20.5 Å². The number of benzene rings is 3. The minimum absolute atomic E-state index is 0.0349. The molecule has 134 valence electrons. The Morgan fingerprint density at radius 3 is 2.48 bits per heavy atom. The molecule has 3 aromatic carbocycles. The average Bonchev–Trinajstić information content (AvgIpc) is 2.69. The van der Waals surface area contributed by atoms with Crippen LogP contribution in [0, 0.1) is 3.57 Å². The van der Waals surface area contributed by atoms with Gasteiger partial charge in [0, 0.05) is 20.0 Å². The van der Waals surface area contributed by atoms with Gasteiger partial charge in [0.25, 0.3) is 5.91 Å². The first-order valence-corrected chi connectivity index (χ1v) is 9.96. The number of anilines is 2. The van der Waals surface area contributed by atoms with E-state index in [0.29, 0.717) is 10.6 Å². The minimum Gasteiger partial charge on any atom is -0.361 e. The van der Waals surface area contributed by atoms with Crippen molar-refractivity contribution in [2.45, 2.75) is 6.17 Å². The molecule has 1 N–H and O–H groups in total. The van der Waals surface area contributed by atoms with Crippen LogP contribution < -0.4 is 10.2 Å². The van der Waals surface area contributed by atoms with Gasteiger partial charge in [0.2, 0.25) is 0 Å². The highest BCUT2D eigenvalue weighted by Crippen LogP contribution is 2.32. The third-order valence-electron chi connectivity index (χ3n) is 4.39. The van der Waals surface area contributed by atoms with Gasteiger partial charge in [0.05, 0.1) is 5.56 Å². The zero-order chi connectivity index (χ0) is 18.8. The number of nitrogens with one attached hydrogen (secondary N) is 1. The van der Waals surface area contributed by atoms with Crippen LogP contribution in [0.5, 0.6) is 0 Å². The fourth-order valence-electron chi connectivity index (χ4n) is 3.08. The Bertz CT molecular complexity index is 1000. The van der Waals surface area contributed by atoms with E-state index in [1.807, 2.05) is 72.8 Å². The Hall–Kier alpha value is -2.31. The largest absolute Gasteiger partial charge is 0.361 e. The molecule has 5 heteroatoms. The number of rotatable bonds is 3. The van der Waals surface area contributed by atoms with E-state index in [2.05, 4.69) is 27.9 Å². The summed E-state index contributed by atoms with van der Waals surface area (Å²) in [5.74, 6) is -0.0349. The molecule has 0 aromatic heterocycles. The zero-order valence-corrected chi connectivity index (χ0v) is 17.2. The number of carbonyl (C=O) groups excluding carboxylic acids is 1. The van der Waals surface area contributed by atoms with E-state index < -0.39 is 0 Å². The quantitative estimate of drug-likeness (QED) is 0.457. The Labute approximate surface area is 176 Å². The molecule has 0 saturated heterocycles. The van der Waals surface area contributed by atoms with Crippen LogP contribution in [0.2, 0.25) is 5.02 Å². The Balaban J connectivity index is 1.76.